The number of fused-ring (bicyclic) bond motifs is 2. The quantitative estimate of drug-likeness (QED) is 0.472. The minimum atomic E-state index is -0.712. The van der Waals surface area contributed by atoms with Crippen LogP contribution in [0.5, 0.6) is 0 Å². The van der Waals surface area contributed by atoms with Gasteiger partial charge in [0, 0.05) is 40.5 Å². The molecule has 30 heavy (non-hydrogen) atoms. The van der Waals surface area contributed by atoms with E-state index >= 15 is 4.39 Å². The van der Waals surface area contributed by atoms with Crippen LogP contribution in [-0.4, -0.2) is 28.0 Å². The molecule has 7 heteroatoms. The topological polar surface area (TPSA) is 88.2 Å². The molecule has 2 heterocycles. The van der Waals surface area contributed by atoms with E-state index in [9.17, 15) is 9.90 Å². The lowest BCUT2D eigenvalue weighted by molar-refractivity contribution is -0.00815. The van der Waals surface area contributed by atoms with Crippen LogP contribution in [-0.2, 0) is 5.41 Å². The molecule has 1 spiro atoms. The van der Waals surface area contributed by atoms with Crippen molar-refractivity contribution in [2.24, 2.45) is 5.92 Å². The number of nitrogens with one attached hydrogen (secondary N) is 1. The standard InChI is InChI=1S/C23H27ClFN3O2/c1-12(29)17-16(26)5-4-14(20(17)25)15-10-27-21-18(19(15)24)23(11-28-21)8-6-13(7-9-23)22(2,3)30/h4-5,10,13,30H,6-9,11,26H2,1-3H3,(H,27,28). The maximum atomic E-state index is 15.2. The fourth-order valence-electron chi connectivity index (χ4n) is 5.10. The first-order chi connectivity index (χ1) is 14.0. The third-order valence-electron chi connectivity index (χ3n) is 6.90. The highest BCUT2D eigenvalue weighted by Gasteiger charge is 2.46. The number of rotatable bonds is 3. The largest absolute Gasteiger partial charge is 0.398 e. The van der Waals surface area contributed by atoms with E-state index in [4.69, 9.17) is 17.3 Å². The van der Waals surface area contributed by atoms with Crippen LogP contribution in [0.25, 0.3) is 11.1 Å². The zero-order chi connectivity index (χ0) is 21.8. The van der Waals surface area contributed by atoms with Gasteiger partial charge in [-0.1, -0.05) is 11.6 Å². The van der Waals surface area contributed by atoms with E-state index in [1.807, 2.05) is 13.8 Å². The van der Waals surface area contributed by atoms with E-state index in [-0.39, 0.29) is 28.1 Å². The van der Waals surface area contributed by atoms with Gasteiger partial charge < -0.3 is 16.2 Å². The number of benzene rings is 1. The first kappa shape index (κ1) is 21.1. The van der Waals surface area contributed by atoms with E-state index in [1.165, 1.54) is 13.0 Å². The number of nitrogen functional groups attached to an aromatic ring is 1. The fraction of sp³-hybridized carbons (Fsp3) is 0.478. The number of Topliss-reactive ketones (excluding diaryl/α,β-unsaturated/α-hetero) is 1. The Bertz CT molecular complexity index is 1020. The van der Waals surface area contributed by atoms with Crippen LogP contribution in [0.4, 0.5) is 15.9 Å². The van der Waals surface area contributed by atoms with Gasteiger partial charge >= 0.3 is 0 Å². The van der Waals surface area contributed by atoms with Crippen LogP contribution < -0.4 is 11.1 Å². The molecule has 0 bridgehead atoms. The average Bonchev–Trinajstić information content (AvgIpc) is 3.01. The molecule has 2 aromatic rings. The summed E-state index contributed by atoms with van der Waals surface area (Å²) in [5.74, 6) is -0.139. The Labute approximate surface area is 180 Å². The van der Waals surface area contributed by atoms with Gasteiger partial charge in [-0.25, -0.2) is 9.37 Å². The summed E-state index contributed by atoms with van der Waals surface area (Å²) in [5, 5.41) is 14.2. The molecular weight excluding hydrogens is 405 g/mol. The Hall–Kier alpha value is -2.18. The number of nitrogens with two attached hydrogens (primary N) is 1. The number of hydrogen-bond acceptors (Lipinski definition) is 5. The molecule has 0 saturated heterocycles. The number of nitrogens with zero attached hydrogens (tertiary/aromatic N) is 1. The molecule has 1 fully saturated rings. The van der Waals surface area contributed by atoms with Crippen molar-refractivity contribution >= 4 is 28.9 Å². The van der Waals surface area contributed by atoms with Crippen LogP contribution in [0.1, 0.15) is 62.4 Å². The highest BCUT2D eigenvalue weighted by Crippen LogP contribution is 2.53. The Morgan fingerprint density at radius 2 is 2.00 bits per heavy atom. The van der Waals surface area contributed by atoms with Gasteiger partial charge in [0.05, 0.1) is 16.2 Å². The van der Waals surface area contributed by atoms with E-state index in [0.29, 0.717) is 10.6 Å². The van der Waals surface area contributed by atoms with Crippen molar-refractivity contribution in [3.8, 4) is 11.1 Å². The molecule has 160 valence electrons. The summed E-state index contributed by atoms with van der Waals surface area (Å²) < 4.78 is 15.2. The molecule has 5 nitrogen and oxygen atoms in total. The van der Waals surface area contributed by atoms with Gasteiger partial charge in [0.25, 0.3) is 0 Å². The zero-order valence-electron chi connectivity index (χ0n) is 17.5. The van der Waals surface area contributed by atoms with Crippen molar-refractivity contribution in [1.82, 2.24) is 4.98 Å². The number of pyridine rings is 1. The zero-order valence-corrected chi connectivity index (χ0v) is 18.2. The summed E-state index contributed by atoms with van der Waals surface area (Å²) in [7, 11) is 0. The summed E-state index contributed by atoms with van der Waals surface area (Å²) in [5.41, 5.74) is 6.50. The van der Waals surface area contributed by atoms with Gasteiger partial charge in [0.1, 0.15) is 11.6 Å². The van der Waals surface area contributed by atoms with Crippen LogP contribution >= 0.6 is 11.6 Å². The van der Waals surface area contributed by atoms with Crippen LogP contribution in [0.15, 0.2) is 18.3 Å². The molecule has 1 saturated carbocycles. The number of hydrogen-bond donors (Lipinski definition) is 3. The molecule has 4 N–H and O–H groups in total. The molecular formula is C23H27ClFN3O2. The smallest absolute Gasteiger partial charge is 0.164 e. The van der Waals surface area contributed by atoms with Crippen molar-refractivity contribution in [1.29, 1.82) is 0 Å². The molecule has 0 unspecified atom stereocenters. The third kappa shape index (κ3) is 3.26. The molecule has 1 aromatic carbocycles. The van der Waals surface area contributed by atoms with Crippen molar-refractivity contribution in [3.63, 3.8) is 0 Å². The summed E-state index contributed by atoms with van der Waals surface area (Å²) in [4.78, 5) is 16.4. The van der Waals surface area contributed by atoms with E-state index in [2.05, 4.69) is 10.3 Å². The van der Waals surface area contributed by atoms with Crippen LogP contribution in [0.3, 0.4) is 0 Å². The number of halogens is 2. The predicted molar refractivity (Wildman–Crippen MR) is 117 cm³/mol. The lowest BCUT2D eigenvalue weighted by Gasteiger charge is -2.41. The Balaban J connectivity index is 1.78. The SMILES string of the molecule is CC(=O)c1c(N)ccc(-c2cnc3c(c2Cl)C2(CCC(C(C)(C)O)CC2)CN3)c1F. The Kier molecular flexibility index (Phi) is 5.06. The maximum Gasteiger partial charge on any atom is 0.164 e. The second-order valence-corrected chi connectivity index (χ2v) is 9.60. The number of ketones is 1. The summed E-state index contributed by atoms with van der Waals surface area (Å²) >= 11 is 6.87. The summed E-state index contributed by atoms with van der Waals surface area (Å²) in [6, 6.07) is 3.08. The van der Waals surface area contributed by atoms with Crippen molar-refractivity contribution in [3.05, 3.63) is 40.3 Å². The van der Waals surface area contributed by atoms with Gasteiger partial charge in [0.15, 0.2) is 5.78 Å². The molecule has 0 radical (unpaired) electrons. The number of aliphatic hydroxyl groups is 1. The minimum absolute atomic E-state index is 0.108. The maximum absolute atomic E-state index is 15.2. The average molecular weight is 432 g/mol. The van der Waals surface area contributed by atoms with Gasteiger partial charge in [0.2, 0.25) is 0 Å². The first-order valence-corrected chi connectivity index (χ1v) is 10.7. The summed E-state index contributed by atoms with van der Waals surface area (Å²) in [6.45, 7) is 5.74. The van der Waals surface area contributed by atoms with Gasteiger partial charge in [-0.2, -0.15) is 0 Å². The molecule has 1 aliphatic carbocycles. The van der Waals surface area contributed by atoms with Gasteiger partial charge in [-0.3, -0.25) is 4.79 Å². The molecule has 2 aliphatic rings. The first-order valence-electron chi connectivity index (χ1n) is 10.3. The second kappa shape index (κ2) is 7.20. The highest BCUT2D eigenvalue weighted by atomic mass is 35.5. The van der Waals surface area contributed by atoms with Gasteiger partial charge in [-0.15, -0.1) is 0 Å². The summed E-state index contributed by atoms with van der Waals surface area (Å²) in [6.07, 6.45) is 5.06. The van der Waals surface area contributed by atoms with Crippen LogP contribution in [0, 0.1) is 11.7 Å². The normalized spacial score (nSPS) is 23.3. The highest BCUT2D eigenvalue weighted by molar-refractivity contribution is 6.34. The van der Waals surface area contributed by atoms with Gasteiger partial charge in [-0.05, 0) is 64.5 Å². The van der Waals surface area contributed by atoms with Crippen molar-refractivity contribution < 1.29 is 14.3 Å². The monoisotopic (exact) mass is 431 g/mol. The number of carbonyl (C=O) groups excluding carboxylic acids is 1. The fourth-order valence-corrected chi connectivity index (χ4v) is 5.54. The molecule has 1 aliphatic heterocycles. The van der Waals surface area contributed by atoms with E-state index < -0.39 is 17.2 Å². The Morgan fingerprint density at radius 1 is 1.33 bits per heavy atom. The lowest BCUT2D eigenvalue weighted by atomic mass is 9.65. The number of carbonyl (C=O) groups is 1. The minimum Gasteiger partial charge on any atom is -0.398 e. The van der Waals surface area contributed by atoms with E-state index in [0.717, 1.165) is 43.6 Å². The van der Waals surface area contributed by atoms with Crippen molar-refractivity contribution in [2.45, 2.75) is 57.5 Å². The molecule has 0 atom stereocenters. The lowest BCUT2D eigenvalue weighted by Crippen LogP contribution is -2.40. The predicted octanol–water partition coefficient (Wildman–Crippen LogP) is 4.95. The molecule has 0 amide bonds. The number of anilines is 2. The second-order valence-electron chi connectivity index (χ2n) is 9.22. The van der Waals surface area contributed by atoms with Crippen LogP contribution in [0.2, 0.25) is 5.02 Å². The van der Waals surface area contributed by atoms with Crippen molar-refractivity contribution in [2.75, 3.05) is 17.6 Å². The number of aromatic nitrogens is 1. The molecule has 1 aromatic heterocycles. The Morgan fingerprint density at radius 3 is 2.60 bits per heavy atom. The third-order valence-corrected chi connectivity index (χ3v) is 7.29. The van der Waals surface area contributed by atoms with E-state index in [1.54, 1.807) is 12.3 Å². The molecule has 4 rings (SSSR count).